The molecule has 0 aliphatic heterocycles. The van der Waals surface area contributed by atoms with Gasteiger partial charge in [-0.25, -0.2) is 0 Å². The average Bonchev–Trinajstić information content (AvgIpc) is 2.94. The highest BCUT2D eigenvalue weighted by Crippen LogP contribution is 2.61. The Labute approximate surface area is 169 Å². The lowest BCUT2D eigenvalue weighted by Gasteiger charge is -2.48. The predicted octanol–water partition coefficient (Wildman–Crippen LogP) is 7.39. The summed E-state index contributed by atoms with van der Waals surface area (Å²) in [5.74, 6) is 4.96. The quantitative estimate of drug-likeness (QED) is 0.393. The van der Waals surface area contributed by atoms with Gasteiger partial charge in [-0.1, -0.05) is 65.5 Å². The van der Waals surface area contributed by atoms with Gasteiger partial charge in [0.05, 0.1) is 6.10 Å². The van der Waals surface area contributed by atoms with Crippen LogP contribution in [-0.4, -0.2) is 11.2 Å². The Bertz CT molecular complexity index is 481. The number of hydrogen-bond acceptors (Lipinski definition) is 1. The first-order chi connectivity index (χ1) is 12.9. The normalized spacial score (nSPS) is 42.7. The monoisotopic (exact) mass is 374 g/mol. The average molecular weight is 375 g/mol. The molecule has 0 radical (unpaired) electrons. The Hall–Kier alpha value is -0.300. The molecular formula is C26H46O. The number of unbranched alkanes of at least 4 members (excludes halogenated alkanes) is 1. The van der Waals surface area contributed by atoms with Crippen molar-refractivity contribution in [1.82, 2.24) is 0 Å². The second-order valence-corrected chi connectivity index (χ2v) is 11.1. The van der Waals surface area contributed by atoms with Crippen molar-refractivity contribution in [3.05, 3.63) is 12.2 Å². The van der Waals surface area contributed by atoms with Gasteiger partial charge in [-0.3, -0.25) is 0 Å². The highest BCUT2D eigenvalue weighted by atomic mass is 16.3. The first-order valence-electron chi connectivity index (χ1n) is 12.3. The molecule has 27 heavy (non-hydrogen) atoms. The Morgan fingerprint density at radius 3 is 2.63 bits per heavy atom. The number of aliphatic hydroxyl groups excluding tert-OH is 1. The summed E-state index contributed by atoms with van der Waals surface area (Å²) in [6.45, 7) is 9.68. The van der Waals surface area contributed by atoms with Crippen LogP contribution in [0.15, 0.2) is 12.2 Å². The van der Waals surface area contributed by atoms with Crippen LogP contribution in [0, 0.1) is 40.9 Å². The molecule has 0 aromatic heterocycles. The van der Waals surface area contributed by atoms with E-state index in [0.29, 0.717) is 11.3 Å². The molecular weight excluding hydrogens is 328 g/mol. The van der Waals surface area contributed by atoms with Crippen molar-refractivity contribution >= 4 is 0 Å². The van der Waals surface area contributed by atoms with Crippen molar-refractivity contribution in [2.75, 3.05) is 0 Å². The summed E-state index contributed by atoms with van der Waals surface area (Å²) in [6.07, 6.45) is 21.1. The molecule has 156 valence electrons. The second kappa shape index (κ2) is 9.47. The fraction of sp³-hybridized carbons (Fsp3) is 0.923. The van der Waals surface area contributed by atoms with Gasteiger partial charge in [0.1, 0.15) is 0 Å². The lowest BCUT2D eigenvalue weighted by Crippen LogP contribution is -2.41. The third-order valence-corrected chi connectivity index (χ3v) is 8.67. The van der Waals surface area contributed by atoms with Gasteiger partial charge < -0.3 is 5.11 Å². The smallest absolute Gasteiger partial charge is 0.0545 e. The number of hydrogen-bond donors (Lipinski definition) is 1. The Morgan fingerprint density at radius 2 is 1.85 bits per heavy atom. The van der Waals surface area contributed by atoms with Crippen molar-refractivity contribution in [2.24, 2.45) is 40.9 Å². The van der Waals surface area contributed by atoms with Crippen LogP contribution >= 0.6 is 0 Å². The minimum Gasteiger partial charge on any atom is -0.393 e. The van der Waals surface area contributed by atoms with Gasteiger partial charge in [-0.2, -0.15) is 0 Å². The predicted molar refractivity (Wildman–Crippen MR) is 117 cm³/mol. The van der Waals surface area contributed by atoms with Gasteiger partial charge in [0.15, 0.2) is 0 Å². The van der Waals surface area contributed by atoms with Crippen LogP contribution in [0.2, 0.25) is 0 Å². The van der Waals surface area contributed by atoms with Crippen molar-refractivity contribution in [1.29, 1.82) is 0 Å². The second-order valence-electron chi connectivity index (χ2n) is 11.1. The SMILES string of the molecule is CC(C)CCCCC1CCC2C3C=CC(C)CC(O)CCCC3CCC12C. The molecule has 7 unspecified atom stereocenters. The summed E-state index contributed by atoms with van der Waals surface area (Å²) in [5.41, 5.74) is 0.593. The summed E-state index contributed by atoms with van der Waals surface area (Å²) >= 11 is 0. The molecule has 1 heteroatoms. The standard InChI is InChI=1S/C26H46O/c1-19(2)8-5-6-10-22-13-15-25-24-14-12-20(3)18-23(27)11-7-9-21(24)16-17-26(22,25)4/h12,14,19-25,27H,5-11,13,15-18H2,1-4H3. The van der Waals surface area contributed by atoms with E-state index < -0.39 is 0 Å². The topological polar surface area (TPSA) is 20.2 Å². The highest BCUT2D eigenvalue weighted by molar-refractivity contribution is 5.08. The zero-order valence-corrected chi connectivity index (χ0v) is 18.6. The van der Waals surface area contributed by atoms with E-state index >= 15 is 0 Å². The van der Waals surface area contributed by atoms with Gasteiger partial charge >= 0.3 is 0 Å². The van der Waals surface area contributed by atoms with E-state index in [0.717, 1.165) is 42.4 Å². The largest absolute Gasteiger partial charge is 0.393 e. The molecule has 1 N–H and O–H groups in total. The maximum absolute atomic E-state index is 10.2. The first-order valence-corrected chi connectivity index (χ1v) is 12.3. The molecule has 0 saturated heterocycles. The van der Waals surface area contributed by atoms with Crippen LogP contribution in [0.4, 0.5) is 0 Å². The molecule has 7 atom stereocenters. The summed E-state index contributed by atoms with van der Waals surface area (Å²) in [4.78, 5) is 0. The molecule has 0 spiro atoms. The third-order valence-electron chi connectivity index (χ3n) is 8.67. The summed E-state index contributed by atoms with van der Waals surface area (Å²) < 4.78 is 0. The molecule has 0 aromatic rings. The number of allylic oxidation sites excluding steroid dienone is 2. The minimum atomic E-state index is -0.0863. The number of aliphatic hydroxyl groups is 1. The van der Waals surface area contributed by atoms with Crippen molar-refractivity contribution < 1.29 is 5.11 Å². The molecule has 1 nitrogen and oxygen atoms in total. The van der Waals surface area contributed by atoms with Gasteiger partial charge in [0.25, 0.3) is 0 Å². The van der Waals surface area contributed by atoms with Crippen LogP contribution in [0.3, 0.4) is 0 Å². The van der Waals surface area contributed by atoms with E-state index in [1.807, 2.05) is 0 Å². The van der Waals surface area contributed by atoms with E-state index in [1.165, 1.54) is 64.2 Å². The van der Waals surface area contributed by atoms with Crippen LogP contribution in [-0.2, 0) is 0 Å². The number of fused-ring (bicyclic) bond motifs is 3. The van der Waals surface area contributed by atoms with Crippen LogP contribution < -0.4 is 0 Å². The first kappa shape index (κ1) is 21.4. The number of rotatable bonds is 5. The van der Waals surface area contributed by atoms with E-state index in [4.69, 9.17) is 0 Å². The summed E-state index contributed by atoms with van der Waals surface area (Å²) in [7, 11) is 0. The van der Waals surface area contributed by atoms with E-state index in [-0.39, 0.29) is 6.10 Å². The fourth-order valence-electron chi connectivity index (χ4n) is 6.99. The Kier molecular flexibility index (Phi) is 7.51. The molecule has 0 bridgehead atoms. The molecule has 0 amide bonds. The lowest BCUT2D eigenvalue weighted by atomic mass is 9.56. The molecule has 2 fully saturated rings. The Morgan fingerprint density at radius 1 is 1.04 bits per heavy atom. The lowest BCUT2D eigenvalue weighted by molar-refractivity contribution is 0.0236. The third kappa shape index (κ3) is 5.20. The van der Waals surface area contributed by atoms with Crippen molar-refractivity contribution in [3.63, 3.8) is 0 Å². The minimum absolute atomic E-state index is 0.0863. The molecule has 3 rings (SSSR count). The van der Waals surface area contributed by atoms with Crippen molar-refractivity contribution in [3.8, 4) is 0 Å². The molecule has 3 aliphatic rings. The van der Waals surface area contributed by atoms with E-state index in [1.54, 1.807) is 0 Å². The van der Waals surface area contributed by atoms with Gasteiger partial charge in [-0.15, -0.1) is 0 Å². The maximum Gasteiger partial charge on any atom is 0.0545 e. The molecule has 2 saturated carbocycles. The van der Waals surface area contributed by atoms with Crippen LogP contribution in [0.1, 0.15) is 105 Å². The van der Waals surface area contributed by atoms with E-state index in [2.05, 4.69) is 39.8 Å². The van der Waals surface area contributed by atoms with Crippen LogP contribution in [0.5, 0.6) is 0 Å². The van der Waals surface area contributed by atoms with Gasteiger partial charge in [0.2, 0.25) is 0 Å². The fourth-order valence-corrected chi connectivity index (χ4v) is 6.99. The van der Waals surface area contributed by atoms with Gasteiger partial charge in [-0.05, 0) is 92.3 Å². The molecule has 0 heterocycles. The molecule has 3 aliphatic carbocycles. The highest BCUT2D eigenvalue weighted by Gasteiger charge is 2.52. The molecule has 0 aromatic carbocycles. The maximum atomic E-state index is 10.2. The summed E-state index contributed by atoms with van der Waals surface area (Å²) in [5, 5.41) is 10.2. The van der Waals surface area contributed by atoms with Crippen molar-refractivity contribution in [2.45, 2.75) is 111 Å². The van der Waals surface area contributed by atoms with E-state index in [9.17, 15) is 5.11 Å². The van der Waals surface area contributed by atoms with Gasteiger partial charge in [0, 0.05) is 0 Å². The summed E-state index contributed by atoms with van der Waals surface area (Å²) in [6, 6.07) is 0. The van der Waals surface area contributed by atoms with Crippen LogP contribution in [0.25, 0.3) is 0 Å². The Balaban J connectivity index is 1.66. The zero-order valence-electron chi connectivity index (χ0n) is 18.6. The zero-order chi connectivity index (χ0) is 19.4.